The van der Waals surface area contributed by atoms with Gasteiger partial charge in [-0.25, -0.2) is 4.79 Å². The van der Waals surface area contributed by atoms with Gasteiger partial charge in [0.15, 0.2) is 0 Å². The Balaban J connectivity index is 1.69. The van der Waals surface area contributed by atoms with Gasteiger partial charge in [0.2, 0.25) is 5.91 Å². The molecule has 0 saturated carbocycles. The first-order valence-electron chi connectivity index (χ1n) is 7.60. The van der Waals surface area contributed by atoms with E-state index in [1.165, 1.54) is 28.0 Å². The van der Waals surface area contributed by atoms with Gasteiger partial charge < -0.3 is 10.1 Å². The van der Waals surface area contributed by atoms with Crippen LogP contribution in [0.5, 0.6) is 0 Å². The predicted octanol–water partition coefficient (Wildman–Crippen LogP) is 3.19. The monoisotopic (exact) mass is 370 g/mol. The van der Waals surface area contributed by atoms with Gasteiger partial charge in [-0.1, -0.05) is 23.5 Å². The first kappa shape index (κ1) is 16.9. The fourth-order valence-electron chi connectivity index (χ4n) is 2.60. The molecule has 2 heterocycles. The number of ether oxygens (including phenoxy) is 1. The summed E-state index contributed by atoms with van der Waals surface area (Å²) in [5.74, 6) is 0.881. The zero-order valence-corrected chi connectivity index (χ0v) is 15.3. The first-order valence-corrected chi connectivity index (χ1v) is 10.4. The average Bonchev–Trinajstić information content (AvgIpc) is 3.22. The molecule has 0 unspecified atom stereocenters. The molecule has 0 atom stereocenters. The minimum absolute atomic E-state index is 0.101. The fourth-order valence-corrected chi connectivity index (χ4v) is 5.71. The largest absolute Gasteiger partial charge is 0.462 e. The number of nitrogens with one attached hydrogen (secondary N) is 1. The molecule has 124 valence electrons. The number of carbonyl (C=O) groups is 2. The zero-order valence-electron chi connectivity index (χ0n) is 12.8. The molecule has 1 aromatic rings. The number of anilines is 1. The Morgan fingerprint density at radius 2 is 2.26 bits per heavy atom. The van der Waals surface area contributed by atoms with E-state index in [0.29, 0.717) is 22.9 Å². The highest BCUT2D eigenvalue weighted by molar-refractivity contribution is 8.39. The third kappa shape index (κ3) is 3.92. The van der Waals surface area contributed by atoms with Crippen molar-refractivity contribution in [3.63, 3.8) is 0 Å². The molecule has 1 aliphatic heterocycles. The van der Waals surface area contributed by atoms with Crippen LogP contribution in [0.15, 0.2) is 4.99 Å². The lowest BCUT2D eigenvalue weighted by Crippen LogP contribution is -2.17. The van der Waals surface area contributed by atoms with E-state index < -0.39 is 0 Å². The summed E-state index contributed by atoms with van der Waals surface area (Å²) in [4.78, 5) is 29.9. The number of nitrogens with zero attached hydrogens (tertiary/aromatic N) is 1. The van der Waals surface area contributed by atoms with E-state index in [1.54, 1.807) is 18.7 Å². The molecule has 2 aliphatic rings. The van der Waals surface area contributed by atoms with Gasteiger partial charge in [0.1, 0.15) is 9.38 Å². The molecule has 0 aromatic carbocycles. The maximum Gasteiger partial charge on any atom is 0.341 e. The van der Waals surface area contributed by atoms with Crippen LogP contribution in [-0.2, 0) is 22.4 Å². The van der Waals surface area contributed by atoms with Gasteiger partial charge >= 0.3 is 5.97 Å². The lowest BCUT2D eigenvalue weighted by molar-refractivity contribution is -0.113. The topological polar surface area (TPSA) is 67.8 Å². The summed E-state index contributed by atoms with van der Waals surface area (Å²) in [5.41, 5.74) is 1.63. The number of hydrogen-bond acceptors (Lipinski definition) is 7. The van der Waals surface area contributed by atoms with Gasteiger partial charge in [-0.05, 0) is 31.7 Å². The Morgan fingerprint density at radius 1 is 1.39 bits per heavy atom. The summed E-state index contributed by atoms with van der Waals surface area (Å²) in [6.07, 6.45) is 2.93. The Bertz CT molecular complexity index is 655. The van der Waals surface area contributed by atoms with E-state index >= 15 is 0 Å². The number of amides is 1. The molecule has 0 fully saturated rings. The molecule has 3 rings (SSSR count). The third-order valence-electron chi connectivity index (χ3n) is 3.54. The molecule has 1 aliphatic carbocycles. The molecule has 0 saturated heterocycles. The van der Waals surface area contributed by atoms with E-state index in [1.807, 2.05) is 0 Å². The fraction of sp³-hybridized carbons (Fsp3) is 0.533. The van der Waals surface area contributed by atoms with Crippen molar-refractivity contribution in [2.75, 3.05) is 30.0 Å². The highest BCUT2D eigenvalue weighted by atomic mass is 32.2. The summed E-state index contributed by atoms with van der Waals surface area (Å²) < 4.78 is 6.14. The number of rotatable bonds is 5. The minimum atomic E-state index is -0.328. The average molecular weight is 371 g/mol. The number of aliphatic imine (C=N–C) groups is 1. The summed E-state index contributed by atoms with van der Waals surface area (Å²) in [7, 11) is 0. The van der Waals surface area contributed by atoms with Gasteiger partial charge in [-0.2, -0.15) is 0 Å². The van der Waals surface area contributed by atoms with Crippen LogP contribution in [0.2, 0.25) is 0 Å². The van der Waals surface area contributed by atoms with Gasteiger partial charge in [0.25, 0.3) is 0 Å². The van der Waals surface area contributed by atoms with E-state index in [2.05, 4.69) is 10.3 Å². The Hall–Kier alpha value is -0.990. The minimum Gasteiger partial charge on any atom is -0.462 e. The second kappa shape index (κ2) is 7.72. The van der Waals surface area contributed by atoms with Crippen LogP contribution in [0.1, 0.15) is 34.1 Å². The molecule has 0 bridgehead atoms. The van der Waals surface area contributed by atoms with E-state index in [0.717, 1.165) is 41.5 Å². The molecule has 8 heteroatoms. The van der Waals surface area contributed by atoms with Crippen LogP contribution in [-0.4, -0.2) is 40.9 Å². The maximum atomic E-state index is 12.2. The Labute approximate surface area is 147 Å². The normalized spacial score (nSPS) is 16.1. The Morgan fingerprint density at radius 3 is 3.00 bits per heavy atom. The number of aryl methyl sites for hydroxylation is 1. The number of thioether (sulfide) groups is 2. The van der Waals surface area contributed by atoms with E-state index in [4.69, 9.17) is 4.74 Å². The van der Waals surface area contributed by atoms with Crippen molar-refractivity contribution in [2.45, 2.75) is 26.2 Å². The van der Waals surface area contributed by atoms with Crippen LogP contribution in [0, 0.1) is 0 Å². The van der Waals surface area contributed by atoms with E-state index in [-0.39, 0.29) is 11.9 Å². The molecule has 1 N–H and O–H groups in total. The van der Waals surface area contributed by atoms with Crippen molar-refractivity contribution in [2.24, 2.45) is 4.99 Å². The highest BCUT2D eigenvalue weighted by Crippen LogP contribution is 2.39. The quantitative estimate of drug-likeness (QED) is 0.806. The van der Waals surface area contributed by atoms with Gasteiger partial charge in [0.05, 0.1) is 24.5 Å². The van der Waals surface area contributed by atoms with Gasteiger partial charge in [-0.15, -0.1) is 11.3 Å². The molecule has 5 nitrogen and oxygen atoms in total. The third-order valence-corrected chi connectivity index (χ3v) is 7.00. The summed E-state index contributed by atoms with van der Waals surface area (Å²) in [6.45, 7) is 2.96. The second-order valence-corrected chi connectivity index (χ2v) is 8.53. The highest BCUT2D eigenvalue weighted by Gasteiger charge is 2.28. The summed E-state index contributed by atoms with van der Waals surface area (Å²) in [5, 5.41) is 3.54. The van der Waals surface area contributed by atoms with Crippen molar-refractivity contribution in [1.82, 2.24) is 0 Å². The number of thiophene rings is 1. The van der Waals surface area contributed by atoms with Crippen LogP contribution < -0.4 is 5.32 Å². The number of carbonyl (C=O) groups excluding carboxylic acids is 2. The molecule has 0 radical (unpaired) electrons. The van der Waals surface area contributed by atoms with Crippen molar-refractivity contribution < 1.29 is 14.3 Å². The smallest absolute Gasteiger partial charge is 0.341 e. The van der Waals surface area contributed by atoms with E-state index in [9.17, 15) is 9.59 Å². The lowest BCUT2D eigenvalue weighted by Gasteiger charge is -2.07. The summed E-state index contributed by atoms with van der Waals surface area (Å²) >= 11 is 4.65. The van der Waals surface area contributed by atoms with Crippen molar-refractivity contribution in [3.05, 3.63) is 16.0 Å². The van der Waals surface area contributed by atoms with Crippen molar-refractivity contribution >= 4 is 56.1 Å². The Kier molecular flexibility index (Phi) is 5.66. The van der Waals surface area contributed by atoms with Crippen LogP contribution in [0.25, 0.3) is 0 Å². The van der Waals surface area contributed by atoms with Gasteiger partial charge in [0, 0.05) is 10.6 Å². The molecule has 1 aromatic heterocycles. The van der Waals surface area contributed by atoms with Crippen LogP contribution in [0.3, 0.4) is 0 Å². The zero-order chi connectivity index (χ0) is 16.2. The number of fused-ring (bicyclic) bond motifs is 1. The first-order chi connectivity index (χ1) is 11.2. The number of hydrogen-bond donors (Lipinski definition) is 1. The molecule has 1 amide bonds. The molecule has 23 heavy (non-hydrogen) atoms. The lowest BCUT2D eigenvalue weighted by atomic mass is 10.1. The maximum absolute atomic E-state index is 12.2. The molecular formula is C15H18N2O3S3. The second-order valence-electron chi connectivity index (χ2n) is 5.11. The van der Waals surface area contributed by atoms with Crippen molar-refractivity contribution in [3.8, 4) is 0 Å². The predicted molar refractivity (Wildman–Crippen MR) is 98.1 cm³/mol. The van der Waals surface area contributed by atoms with Gasteiger partial charge in [-0.3, -0.25) is 9.79 Å². The van der Waals surface area contributed by atoms with Crippen LogP contribution >= 0.6 is 34.9 Å². The standard InChI is InChI=1S/C15H18N2O3S3/c1-2-20-14(19)12-9-4-3-5-10(9)23-13(12)17-11(18)8-22-15-16-6-7-21-15/h2-8H2,1H3,(H,17,18). The summed E-state index contributed by atoms with van der Waals surface area (Å²) in [6, 6.07) is 0. The van der Waals surface area contributed by atoms with Crippen LogP contribution in [0.4, 0.5) is 5.00 Å². The molecular weight excluding hydrogens is 352 g/mol. The number of esters is 1. The molecule has 0 spiro atoms. The SMILES string of the molecule is CCOC(=O)c1c(NC(=O)CSC2=NCCS2)sc2c1CCC2. The van der Waals surface area contributed by atoms with Crippen molar-refractivity contribution in [1.29, 1.82) is 0 Å².